The van der Waals surface area contributed by atoms with Crippen molar-refractivity contribution in [3.8, 4) is 0 Å². The first kappa shape index (κ1) is 12.3. The molecule has 2 saturated carbocycles. The zero-order chi connectivity index (χ0) is 11.4. The molecule has 0 heterocycles. The molecule has 0 saturated heterocycles. The maximum absolute atomic E-state index is 13.0. The van der Waals surface area contributed by atoms with Crippen molar-refractivity contribution >= 4 is 0 Å². The Morgan fingerprint density at radius 2 is 1.56 bits per heavy atom. The lowest BCUT2D eigenvalue weighted by Crippen LogP contribution is -2.28. The molecule has 2 fully saturated rings. The van der Waals surface area contributed by atoms with Crippen LogP contribution in [-0.4, -0.2) is 17.4 Å². The molecule has 1 N–H and O–H groups in total. The summed E-state index contributed by atoms with van der Waals surface area (Å²) >= 11 is 0. The largest absolute Gasteiger partial charge is 0.393 e. The average Bonchev–Trinajstić information content (AvgIpc) is 2.31. The topological polar surface area (TPSA) is 20.2 Å². The molecular formula is C14H25FO. The van der Waals surface area contributed by atoms with E-state index < -0.39 is 6.17 Å². The lowest BCUT2D eigenvalue weighted by atomic mass is 9.78. The minimum Gasteiger partial charge on any atom is -0.393 e. The summed E-state index contributed by atoms with van der Waals surface area (Å²) in [5.74, 6) is 1.13. The summed E-state index contributed by atoms with van der Waals surface area (Å²) in [6.45, 7) is 0. The van der Waals surface area contributed by atoms with Gasteiger partial charge in [-0.3, -0.25) is 0 Å². The van der Waals surface area contributed by atoms with Gasteiger partial charge in [-0.25, -0.2) is 4.39 Å². The number of hydrogen-bond acceptors (Lipinski definition) is 1. The Balaban J connectivity index is 1.72. The van der Waals surface area contributed by atoms with E-state index in [1.54, 1.807) is 0 Å². The van der Waals surface area contributed by atoms with Gasteiger partial charge in [0.15, 0.2) is 0 Å². The van der Waals surface area contributed by atoms with Crippen molar-refractivity contribution in [2.24, 2.45) is 11.8 Å². The van der Waals surface area contributed by atoms with Crippen LogP contribution in [0, 0.1) is 11.8 Å². The van der Waals surface area contributed by atoms with Gasteiger partial charge in [-0.2, -0.15) is 0 Å². The van der Waals surface area contributed by atoms with Crippen LogP contribution in [0.15, 0.2) is 0 Å². The molecule has 2 aliphatic rings. The van der Waals surface area contributed by atoms with Crippen LogP contribution in [0.3, 0.4) is 0 Å². The summed E-state index contributed by atoms with van der Waals surface area (Å²) in [6.07, 6.45) is 10.0. The Morgan fingerprint density at radius 1 is 0.938 bits per heavy atom. The second-order valence-electron chi connectivity index (χ2n) is 5.82. The number of halogens is 1. The van der Waals surface area contributed by atoms with Crippen molar-refractivity contribution in [1.29, 1.82) is 0 Å². The van der Waals surface area contributed by atoms with Crippen LogP contribution in [0.4, 0.5) is 4.39 Å². The molecule has 1 nitrogen and oxygen atoms in total. The number of alkyl halides is 1. The van der Waals surface area contributed by atoms with Gasteiger partial charge in [0.05, 0.1) is 6.10 Å². The quantitative estimate of drug-likeness (QED) is 0.778. The van der Waals surface area contributed by atoms with E-state index in [-0.39, 0.29) is 6.10 Å². The third-order valence-corrected chi connectivity index (χ3v) is 4.55. The minimum atomic E-state index is -0.599. The van der Waals surface area contributed by atoms with E-state index in [0.717, 1.165) is 25.2 Å². The standard InChI is InChI=1S/C14H25FO/c15-13-8-6-12(7-9-13)14(16)10-11-4-2-1-3-5-11/h11-14,16H,1-10H2. The molecule has 2 aliphatic carbocycles. The van der Waals surface area contributed by atoms with Crippen molar-refractivity contribution in [3.05, 3.63) is 0 Å². The van der Waals surface area contributed by atoms with Crippen molar-refractivity contribution in [1.82, 2.24) is 0 Å². The maximum atomic E-state index is 13.0. The van der Waals surface area contributed by atoms with E-state index in [9.17, 15) is 9.50 Å². The first-order valence-electron chi connectivity index (χ1n) is 7.08. The number of aliphatic hydroxyl groups is 1. The van der Waals surface area contributed by atoms with E-state index in [0.29, 0.717) is 18.8 Å². The molecule has 0 aliphatic heterocycles. The molecular weight excluding hydrogens is 203 g/mol. The highest BCUT2D eigenvalue weighted by atomic mass is 19.1. The highest BCUT2D eigenvalue weighted by molar-refractivity contribution is 4.79. The Morgan fingerprint density at radius 3 is 2.19 bits per heavy atom. The van der Waals surface area contributed by atoms with Gasteiger partial charge in [0.1, 0.15) is 6.17 Å². The van der Waals surface area contributed by atoms with Gasteiger partial charge in [-0.1, -0.05) is 32.1 Å². The fourth-order valence-corrected chi connectivity index (χ4v) is 3.42. The lowest BCUT2D eigenvalue weighted by Gasteiger charge is -2.31. The van der Waals surface area contributed by atoms with Gasteiger partial charge >= 0.3 is 0 Å². The summed E-state index contributed by atoms with van der Waals surface area (Å²) < 4.78 is 13.0. The normalized spacial score (nSPS) is 34.9. The van der Waals surface area contributed by atoms with Crippen LogP contribution >= 0.6 is 0 Å². The Kier molecular flexibility index (Phi) is 4.63. The zero-order valence-electron chi connectivity index (χ0n) is 10.2. The van der Waals surface area contributed by atoms with Crippen molar-refractivity contribution in [2.45, 2.75) is 76.5 Å². The highest BCUT2D eigenvalue weighted by Gasteiger charge is 2.28. The monoisotopic (exact) mass is 228 g/mol. The molecule has 16 heavy (non-hydrogen) atoms. The third kappa shape index (κ3) is 3.44. The van der Waals surface area contributed by atoms with E-state index in [2.05, 4.69) is 0 Å². The molecule has 0 radical (unpaired) electrons. The van der Waals surface area contributed by atoms with Crippen LogP contribution in [-0.2, 0) is 0 Å². The Bertz CT molecular complexity index is 193. The molecule has 0 aromatic carbocycles. The van der Waals surface area contributed by atoms with Crippen LogP contribution in [0.1, 0.15) is 64.2 Å². The highest BCUT2D eigenvalue weighted by Crippen LogP contribution is 2.34. The van der Waals surface area contributed by atoms with Crippen LogP contribution in [0.2, 0.25) is 0 Å². The maximum Gasteiger partial charge on any atom is 0.100 e. The smallest absolute Gasteiger partial charge is 0.100 e. The van der Waals surface area contributed by atoms with E-state index in [1.807, 2.05) is 0 Å². The molecule has 0 aromatic heterocycles. The average molecular weight is 228 g/mol. The van der Waals surface area contributed by atoms with Gasteiger partial charge in [0.25, 0.3) is 0 Å². The second-order valence-corrected chi connectivity index (χ2v) is 5.82. The number of aliphatic hydroxyl groups excluding tert-OH is 1. The summed E-state index contributed by atoms with van der Waals surface area (Å²) in [4.78, 5) is 0. The van der Waals surface area contributed by atoms with Crippen molar-refractivity contribution in [3.63, 3.8) is 0 Å². The number of hydrogen-bond donors (Lipinski definition) is 1. The molecule has 0 aromatic rings. The molecule has 1 atom stereocenters. The van der Waals surface area contributed by atoms with Crippen LogP contribution < -0.4 is 0 Å². The number of rotatable bonds is 3. The van der Waals surface area contributed by atoms with Gasteiger partial charge in [-0.15, -0.1) is 0 Å². The first-order chi connectivity index (χ1) is 7.75. The second kappa shape index (κ2) is 6.00. The molecule has 2 heteroatoms. The Hall–Kier alpha value is -0.110. The third-order valence-electron chi connectivity index (χ3n) is 4.55. The summed E-state index contributed by atoms with van der Waals surface area (Å²) in [6, 6.07) is 0. The van der Waals surface area contributed by atoms with E-state index in [1.165, 1.54) is 32.1 Å². The van der Waals surface area contributed by atoms with Crippen LogP contribution in [0.25, 0.3) is 0 Å². The molecule has 1 unspecified atom stereocenters. The summed E-state index contributed by atoms with van der Waals surface area (Å²) in [5, 5.41) is 10.2. The van der Waals surface area contributed by atoms with E-state index in [4.69, 9.17) is 0 Å². The SMILES string of the molecule is OC(CC1CCCCC1)C1CCC(F)CC1. The van der Waals surface area contributed by atoms with Gasteiger partial charge < -0.3 is 5.11 Å². The molecule has 0 bridgehead atoms. The van der Waals surface area contributed by atoms with Gasteiger partial charge in [-0.05, 0) is 43.9 Å². The first-order valence-corrected chi connectivity index (χ1v) is 7.08. The summed E-state index contributed by atoms with van der Waals surface area (Å²) in [7, 11) is 0. The fraction of sp³-hybridized carbons (Fsp3) is 1.00. The zero-order valence-corrected chi connectivity index (χ0v) is 10.2. The molecule has 0 spiro atoms. The Labute approximate surface area is 98.4 Å². The van der Waals surface area contributed by atoms with Crippen molar-refractivity contribution in [2.75, 3.05) is 0 Å². The molecule has 2 rings (SSSR count). The summed E-state index contributed by atoms with van der Waals surface area (Å²) in [5.41, 5.74) is 0. The lowest BCUT2D eigenvalue weighted by molar-refractivity contribution is 0.0431. The van der Waals surface area contributed by atoms with Gasteiger partial charge in [0, 0.05) is 0 Å². The fourth-order valence-electron chi connectivity index (χ4n) is 3.42. The molecule has 94 valence electrons. The minimum absolute atomic E-state index is 0.157. The van der Waals surface area contributed by atoms with Crippen molar-refractivity contribution < 1.29 is 9.50 Å². The van der Waals surface area contributed by atoms with Crippen LogP contribution in [0.5, 0.6) is 0 Å². The predicted octanol–water partition coefficient (Wildman–Crippen LogP) is 3.85. The van der Waals surface area contributed by atoms with E-state index >= 15 is 0 Å². The van der Waals surface area contributed by atoms with Gasteiger partial charge in [0.2, 0.25) is 0 Å². The predicted molar refractivity (Wildman–Crippen MR) is 64.1 cm³/mol. The molecule has 0 amide bonds.